The zero-order valence-electron chi connectivity index (χ0n) is 10.1. The molecule has 17 heavy (non-hydrogen) atoms. The average Bonchev–Trinajstić information content (AvgIpc) is 2.84. The smallest absolute Gasteiger partial charge is 0.0489 e. The first-order valence-electron chi connectivity index (χ1n) is 5.94. The number of aromatic nitrogens is 3. The number of nitrogens with zero attached hydrogens (tertiary/aromatic N) is 3. The van der Waals surface area contributed by atoms with Gasteiger partial charge in [0, 0.05) is 37.4 Å². The maximum Gasteiger partial charge on any atom is 0.0489 e. The minimum atomic E-state index is 0.881. The molecule has 2 aromatic rings. The summed E-state index contributed by atoms with van der Waals surface area (Å²) in [4.78, 5) is 4.26. The zero-order chi connectivity index (χ0) is 11.9. The van der Waals surface area contributed by atoms with Crippen LogP contribution in [0.4, 0.5) is 0 Å². The van der Waals surface area contributed by atoms with Gasteiger partial charge in [-0.2, -0.15) is 5.10 Å². The van der Waals surface area contributed by atoms with Crippen LogP contribution in [0.25, 0.3) is 0 Å². The molecule has 0 aliphatic carbocycles. The molecule has 0 aliphatic rings. The van der Waals surface area contributed by atoms with Gasteiger partial charge in [-0.1, -0.05) is 6.07 Å². The van der Waals surface area contributed by atoms with Gasteiger partial charge in [0.1, 0.15) is 0 Å². The Morgan fingerprint density at radius 2 is 2.29 bits per heavy atom. The standard InChI is InChI=1S/C13H18N4/c1-12-4-5-13(11-15-12)10-14-6-2-8-17-9-3-7-16-17/h3-5,7,9,11,14H,2,6,8,10H2,1H3. The van der Waals surface area contributed by atoms with Gasteiger partial charge in [0.2, 0.25) is 0 Å². The molecular formula is C13H18N4. The van der Waals surface area contributed by atoms with E-state index in [-0.39, 0.29) is 0 Å². The van der Waals surface area contributed by atoms with Crippen LogP contribution < -0.4 is 5.32 Å². The summed E-state index contributed by atoms with van der Waals surface area (Å²) in [6.07, 6.45) is 6.81. The van der Waals surface area contributed by atoms with E-state index in [0.717, 1.165) is 31.7 Å². The Labute approximate surface area is 102 Å². The van der Waals surface area contributed by atoms with Gasteiger partial charge in [0.15, 0.2) is 0 Å². The molecule has 0 radical (unpaired) electrons. The molecule has 0 aliphatic heterocycles. The molecule has 0 fully saturated rings. The van der Waals surface area contributed by atoms with Crippen molar-refractivity contribution in [2.45, 2.75) is 26.4 Å². The van der Waals surface area contributed by atoms with Gasteiger partial charge in [-0.3, -0.25) is 9.67 Å². The van der Waals surface area contributed by atoms with Crippen LogP contribution in [0.5, 0.6) is 0 Å². The molecule has 2 rings (SSSR count). The van der Waals surface area contributed by atoms with Crippen molar-refractivity contribution in [3.63, 3.8) is 0 Å². The fourth-order valence-corrected chi connectivity index (χ4v) is 1.63. The molecule has 0 spiro atoms. The number of pyridine rings is 1. The summed E-state index contributed by atoms with van der Waals surface area (Å²) in [5, 5.41) is 7.56. The van der Waals surface area contributed by atoms with Gasteiger partial charge in [-0.05, 0) is 37.6 Å². The molecule has 0 aromatic carbocycles. The predicted octanol–water partition coefficient (Wildman–Crippen LogP) is 1.77. The van der Waals surface area contributed by atoms with Gasteiger partial charge >= 0.3 is 0 Å². The summed E-state index contributed by atoms with van der Waals surface area (Å²) in [5.41, 5.74) is 2.29. The second-order valence-corrected chi connectivity index (χ2v) is 4.11. The van der Waals surface area contributed by atoms with E-state index in [1.807, 2.05) is 42.3 Å². The van der Waals surface area contributed by atoms with E-state index in [0.29, 0.717) is 0 Å². The van der Waals surface area contributed by atoms with E-state index in [4.69, 9.17) is 0 Å². The van der Waals surface area contributed by atoms with Gasteiger partial charge in [0.05, 0.1) is 0 Å². The molecule has 4 heteroatoms. The van der Waals surface area contributed by atoms with Crippen LogP contribution in [0.2, 0.25) is 0 Å². The van der Waals surface area contributed by atoms with E-state index in [1.165, 1.54) is 5.56 Å². The van der Waals surface area contributed by atoms with E-state index in [1.54, 1.807) is 0 Å². The Kier molecular flexibility index (Phi) is 4.27. The lowest BCUT2D eigenvalue weighted by Crippen LogP contribution is -2.16. The third kappa shape index (κ3) is 4.00. The fourth-order valence-electron chi connectivity index (χ4n) is 1.63. The molecule has 2 heterocycles. The van der Waals surface area contributed by atoms with Gasteiger partial charge in [-0.25, -0.2) is 0 Å². The Balaban J connectivity index is 1.61. The highest BCUT2D eigenvalue weighted by molar-refractivity contribution is 5.12. The van der Waals surface area contributed by atoms with Crippen molar-refractivity contribution in [1.82, 2.24) is 20.1 Å². The lowest BCUT2D eigenvalue weighted by atomic mass is 10.2. The van der Waals surface area contributed by atoms with Crippen molar-refractivity contribution in [1.29, 1.82) is 0 Å². The Hall–Kier alpha value is -1.68. The lowest BCUT2D eigenvalue weighted by molar-refractivity contribution is 0.543. The molecule has 0 atom stereocenters. The average molecular weight is 230 g/mol. The Bertz CT molecular complexity index is 419. The van der Waals surface area contributed by atoms with E-state index in [2.05, 4.69) is 21.5 Å². The number of rotatable bonds is 6. The molecule has 2 aromatic heterocycles. The topological polar surface area (TPSA) is 42.7 Å². The van der Waals surface area contributed by atoms with Crippen molar-refractivity contribution in [3.05, 3.63) is 48.0 Å². The van der Waals surface area contributed by atoms with Crippen molar-refractivity contribution in [2.75, 3.05) is 6.54 Å². The van der Waals surface area contributed by atoms with Crippen LogP contribution in [-0.2, 0) is 13.1 Å². The lowest BCUT2D eigenvalue weighted by Gasteiger charge is -2.05. The minimum Gasteiger partial charge on any atom is -0.313 e. The first-order chi connectivity index (χ1) is 8.34. The molecule has 1 N–H and O–H groups in total. The second kappa shape index (κ2) is 6.15. The third-order valence-corrected chi connectivity index (χ3v) is 2.60. The van der Waals surface area contributed by atoms with Crippen LogP contribution in [0.3, 0.4) is 0 Å². The predicted molar refractivity (Wildman–Crippen MR) is 67.5 cm³/mol. The molecular weight excluding hydrogens is 212 g/mol. The van der Waals surface area contributed by atoms with Gasteiger partial charge in [-0.15, -0.1) is 0 Å². The number of hydrogen-bond donors (Lipinski definition) is 1. The molecule has 0 unspecified atom stereocenters. The summed E-state index contributed by atoms with van der Waals surface area (Å²) in [6.45, 7) is 4.84. The van der Waals surface area contributed by atoms with Crippen molar-refractivity contribution in [3.8, 4) is 0 Å². The molecule has 0 saturated heterocycles. The number of hydrogen-bond acceptors (Lipinski definition) is 3. The molecule has 4 nitrogen and oxygen atoms in total. The SMILES string of the molecule is Cc1ccc(CNCCCn2cccn2)cn1. The van der Waals surface area contributed by atoms with Gasteiger partial charge in [0.25, 0.3) is 0 Å². The van der Waals surface area contributed by atoms with Gasteiger partial charge < -0.3 is 5.32 Å². The molecule has 0 saturated carbocycles. The molecule has 0 amide bonds. The minimum absolute atomic E-state index is 0.881. The summed E-state index contributed by atoms with van der Waals surface area (Å²) in [6, 6.07) is 6.11. The third-order valence-electron chi connectivity index (χ3n) is 2.60. The van der Waals surface area contributed by atoms with Crippen LogP contribution in [0.1, 0.15) is 17.7 Å². The number of aryl methyl sites for hydroxylation is 2. The van der Waals surface area contributed by atoms with Crippen LogP contribution in [0, 0.1) is 6.92 Å². The summed E-state index contributed by atoms with van der Waals surface area (Å²) >= 11 is 0. The van der Waals surface area contributed by atoms with Crippen molar-refractivity contribution in [2.24, 2.45) is 0 Å². The van der Waals surface area contributed by atoms with Crippen LogP contribution in [-0.4, -0.2) is 21.3 Å². The van der Waals surface area contributed by atoms with Crippen molar-refractivity contribution >= 4 is 0 Å². The highest BCUT2D eigenvalue weighted by atomic mass is 15.3. The summed E-state index contributed by atoms with van der Waals surface area (Å²) in [5.74, 6) is 0. The quantitative estimate of drug-likeness (QED) is 0.769. The van der Waals surface area contributed by atoms with Crippen molar-refractivity contribution < 1.29 is 0 Å². The van der Waals surface area contributed by atoms with E-state index < -0.39 is 0 Å². The maximum absolute atomic E-state index is 4.26. The first kappa shape index (κ1) is 11.8. The fraction of sp³-hybridized carbons (Fsp3) is 0.385. The van der Waals surface area contributed by atoms with E-state index >= 15 is 0 Å². The first-order valence-corrected chi connectivity index (χ1v) is 5.94. The van der Waals surface area contributed by atoms with Crippen LogP contribution in [0.15, 0.2) is 36.8 Å². The monoisotopic (exact) mass is 230 g/mol. The number of nitrogens with one attached hydrogen (secondary N) is 1. The highest BCUT2D eigenvalue weighted by Crippen LogP contribution is 1.98. The largest absolute Gasteiger partial charge is 0.313 e. The maximum atomic E-state index is 4.26. The second-order valence-electron chi connectivity index (χ2n) is 4.11. The van der Waals surface area contributed by atoms with Crippen LogP contribution >= 0.6 is 0 Å². The summed E-state index contributed by atoms with van der Waals surface area (Å²) in [7, 11) is 0. The Morgan fingerprint density at radius 1 is 1.35 bits per heavy atom. The zero-order valence-corrected chi connectivity index (χ0v) is 10.1. The highest BCUT2D eigenvalue weighted by Gasteiger charge is 1.94. The Morgan fingerprint density at radius 3 is 3.00 bits per heavy atom. The van der Waals surface area contributed by atoms with E-state index in [9.17, 15) is 0 Å². The molecule has 90 valence electrons. The normalized spacial score (nSPS) is 10.6. The summed E-state index contributed by atoms with van der Waals surface area (Å²) < 4.78 is 1.95. The molecule has 0 bridgehead atoms.